The maximum atomic E-state index is 13.2. The summed E-state index contributed by atoms with van der Waals surface area (Å²) in [5.74, 6) is -0.996. The van der Waals surface area contributed by atoms with Crippen LogP contribution in [-0.4, -0.2) is 57.7 Å². The average molecular weight is 700 g/mol. The minimum atomic E-state index is -2.31. The number of carbonyl (C=O) groups excluding carboxylic acids is 2. The molecule has 0 amide bonds. The second-order valence-electron chi connectivity index (χ2n) is 15.1. The number of carbonyl (C=O) groups is 2. The second kappa shape index (κ2) is 17.9. The van der Waals surface area contributed by atoms with Gasteiger partial charge in [-0.1, -0.05) is 70.2 Å². The van der Waals surface area contributed by atoms with E-state index in [1.165, 1.54) is 20.3 Å². The first-order chi connectivity index (χ1) is 22.7. The molecule has 0 aliphatic carbocycles. The van der Waals surface area contributed by atoms with Crippen LogP contribution in [0.15, 0.2) is 60.2 Å². The van der Waals surface area contributed by atoms with Crippen LogP contribution in [0, 0.1) is 21.4 Å². The molecule has 49 heavy (non-hydrogen) atoms. The highest BCUT2D eigenvalue weighted by molar-refractivity contribution is 6.74. The van der Waals surface area contributed by atoms with E-state index < -0.39 is 36.8 Å². The zero-order valence-electron chi connectivity index (χ0n) is 31.5. The lowest BCUT2D eigenvalue weighted by Crippen LogP contribution is -2.48. The van der Waals surface area contributed by atoms with Gasteiger partial charge in [-0.25, -0.2) is 0 Å². The molecule has 0 fully saturated rings. The van der Waals surface area contributed by atoms with Gasteiger partial charge < -0.3 is 23.4 Å². The fourth-order valence-corrected chi connectivity index (χ4v) is 6.31. The maximum Gasteiger partial charge on any atom is 0.315 e. The van der Waals surface area contributed by atoms with Crippen molar-refractivity contribution in [3.8, 4) is 11.5 Å². The Balaban J connectivity index is 2.73. The lowest BCUT2D eigenvalue weighted by atomic mass is 9.89. The Morgan fingerprint density at radius 3 is 2.27 bits per heavy atom. The number of rotatable bonds is 6. The molecule has 10 nitrogen and oxygen atoms in total. The lowest BCUT2D eigenvalue weighted by molar-refractivity contribution is -0.385. The topological polar surface area (TPSA) is 123 Å². The van der Waals surface area contributed by atoms with Gasteiger partial charge in [0.15, 0.2) is 8.32 Å². The molecule has 0 bridgehead atoms. The summed E-state index contributed by atoms with van der Waals surface area (Å²) in [6.45, 7) is 20.5. The van der Waals surface area contributed by atoms with E-state index in [-0.39, 0.29) is 46.6 Å². The monoisotopic (exact) mass is 699 g/mol. The van der Waals surface area contributed by atoms with Crippen molar-refractivity contribution in [3.05, 3.63) is 75.9 Å². The molecule has 0 N–H and O–H groups in total. The van der Waals surface area contributed by atoms with E-state index in [9.17, 15) is 19.7 Å². The van der Waals surface area contributed by atoms with Crippen LogP contribution in [0.25, 0.3) is 0 Å². The Labute approximate surface area is 293 Å². The summed E-state index contributed by atoms with van der Waals surface area (Å²) >= 11 is 0. The van der Waals surface area contributed by atoms with Gasteiger partial charge >= 0.3 is 17.6 Å². The van der Waals surface area contributed by atoms with E-state index in [2.05, 4.69) is 46.9 Å². The quantitative estimate of drug-likeness (QED) is 0.0715. The van der Waals surface area contributed by atoms with E-state index >= 15 is 0 Å². The smallest absolute Gasteiger partial charge is 0.315 e. The zero-order valence-corrected chi connectivity index (χ0v) is 32.5. The van der Waals surface area contributed by atoms with Crippen LogP contribution in [-0.2, 0) is 29.9 Å². The minimum Gasteiger partial charge on any atom is -0.496 e. The third kappa shape index (κ3) is 12.4. The molecule has 272 valence electrons. The van der Waals surface area contributed by atoms with Crippen molar-refractivity contribution < 1.29 is 37.9 Å². The molecule has 11 heteroatoms. The van der Waals surface area contributed by atoms with Crippen molar-refractivity contribution in [2.75, 3.05) is 14.2 Å². The van der Waals surface area contributed by atoms with Gasteiger partial charge in [0, 0.05) is 25.0 Å². The number of allylic oxidation sites excluding steroid dienone is 5. The van der Waals surface area contributed by atoms with Crippen molar-refractivity contribution >= 4 is 25.9 Å². The van der Waals surface area contributed by atoms with Crippen molar-refractivity contribution in [3.63, 3.8) is 0 Å². The molecule has 0 radical (unpaired) electrons. The number of methoxy groups -OCH3 is 2. The first kappa shape index (κ1) is 41.6. The molecule has 0 aromatic heterocycles. The molecular formula is C38H57NO9Si. The average Bonchev–Trinajstić information content (AvgIpc) is 3.00. The molecule has 1 aliphatic rings. The van der Waals surface area contributed by atoms with Gasteiger partial charge in [0.25, 0.3) is 0 Å². The zero-order chi connectivity index (χ0) is 37.2. The molecule has 0 spiro atoms. The van der Waals surface area contributed by atoms with Crippen LogP contribution in [0.2, 0.25) is 18.1 Å². The highest BCUT2D eigenvalue weighted by Crippen LogP contribution is 2.41. The molecular weight excluding hydrogens is 643 g/mol. The normalized spacial score (nSPS) is 25.1. The molecule has 4 atom stereocenters. The van der Waals surface area contributed by atoms with Crippen LogP contribution in [0.1, 0.15) is 80.2 Å². The summed E-state index contributed by atoms with van der Waals surface area (Å²) in [7, 11) is 0.593. The molecule has 1 aliphatic heterocycles. The van der Waals surface area contributed by atoms with E-state index in [0.717, 1.165) is 5.57 Å². The third-order valence-corrected chi connectivity index (χ3v) is 13.5. The number of benzene rings is 1. The molecule has 1 aromatic rings. The van der Waals surface area contributed by atoms with E-state index in [0.29, 0.717) is 24.8 Å². The minimum absolute atomic E-state index is 0.0772. The number of esters is 2. The maximum absolute atomic E-state index is 13.2. The van der Waals surface area contributed by atoms with Crippen LogP contribution in [0.4, 0.5) is 5.69 Å². The fourth-order valence-electron chi connectivity index (χ4n) is 4.92. The van der Waals surface area contributed by atoms with E-state index in [4.69, 9.17) is 23.4 Å². The first-order valence-corrected chi connectivity index (χ1v) is 19.8. The van der Waals surface area contributed by atoms with Gasteiger partial charge in [0.1, 0.15) is 11.9 Å². The van der Waals surface area contributed by atoms with Crippen LogP contribution >= 0.6 is 0 Å². The Hall–Kier alpha value is -3.54. The standard InChI is InChI=1S/C38H57NO9Si/c1-26-19-18-20-28-23-30(45-10)24-31(39(42)43)35(28)47-33(40)25-29(44-9)21-16-14-13-15-17-22-32(46-36(41)37(3,4)5)27(2)34(26)48-49(11,12)38(6,7)8/h13-17,19,21,23-24,27,29,32,34H,18,20,22,25H2,1-12H3/b14-13+,17-15+,21-16-,26-19+. The molecule has 1 heterocycles. The summed E-state index contributed by atoms with van der Waals surface area (Å²) < 4.78 is 29.8. The molecule has 0 saturated heterocycles. The predicted molar refractivity (Wildman–Crippen MR) is 195 cm³/mol. The van der Waals surface area contributed by atoms with Crippen LogP contribution in [0.3, 0.4) is 0 Å². The number of fused-ring (bicyclic) bond motifs is 1. The Bertz CT molecular complexity index is 1430. The van der Waals surface area contributed by atoms with Crippen molar-refractivity contribution in [1.82, 2.24) is 0 Å². The number of ether oxygens (including phenoxy) is 4. The Kier molecular flexibility index (Phi) is 15.2. The summed E-state index contributed by atoms with van der Waals surface area (Å²) in [4.78, 5) is 37.8. The number of nitro benzene ring substituents is 1. The molecule has 4 unspecified atom stereocenters. The highest BCUT2D eigenvalue weighted by atomic mass is 28.4. The van der Waals surface area contributed by atoms with Gasteiger partial charge in [-0.05, 0) is 70.3 Å². The van der Waals surface area contributed by atoms with Crippen molar-refractivity contribution in [2.24, 2.45) is 11.3 Å². The predicted octanol–water partition coefficient (Wildman–Crippen LogP) is 8.85. The molecule has 0 saturated carbocycles. The first-order valence-electron chi connectivity index (χ1n) is 16.9. The lowest BCUT2D eigenvalue weighted by Gasteiger charge is -2.42. The van der Waals surface area contributed by atoms with Gasteiger partial charge in [-0.15, -0.1) is 0 Å². The van der Waals surface area contributed by atoms with Crippen molar-refractivity contribution in [1.29, 1.82) is 0 Å². The summed E-state index contributed by atoms with van der Waals surface area (Å²) in [5.41, 5.74) is 0.371. The van der Waals surface area contributed by atoms with Crippen LogP contribution in [0.5, 0.6) is 11.5 Å². The Morgan fingerprint density at radius 1 is 1.04 bits per heavy atom. The number of aryl methyl sites for hydroxylation is 1. The SMILES string of the molecule is COc1cc2c(c([N+](=O)[O-])c1)OC(=O)CC(OC)\C=C/C=C/C=C/CC(OC(=O)C(C)(C)C)C(C)C(O[Si](C)(C)C(C)(C)C)/C(C)=C/CC2. The summed E-state index contributed by atoms with van der Waals surface area (Å²) in [6.07, 6.45) is 12.7. The van der Waals surface area contributed by atoms with E-state index in [1.807, 2.05) is 45.9 Å². The van der Waals surface area contributed by atoms with Crippen molar-refractivity contribution in [2.45, 2.75) is 118 Å². The number of nitrogens with zero attached hydrogens (tertiary/aromatic N) is 1. The van der Waals surface area contributed by atoms with Gasteiger partial charge in [-0.3, -0.25) is 19.7 Å². The number of nitro groups is 1. The summed E-state index contributed by atoms with van der Waals surface area (Å²) in [5, 5.41) is 12.0. The Morgan fingerprint density at radius 2 is 1.69 bits per heavy atom. The van der Waals surface area contributed by atoms with Crippen LogP contribution < -0.4 is 9.47 Å². The summed E-state index contributed by atoms with van der Waals surface area (Å²) in [6, 6.07) is 2.91. The number of hydrogen-bond acceptors (Lipinski definition) is 9. The molecule has 1 aromatic carbocycles. The molecule has 2 rings (SSSR count). The number of hydrogen-bond donors (Lipinski definition) is 0. The third-order valence-electron chi connectivity index (χ3n) is 9.09. The van der Waals surface area contributed by atoms with Gasteiger partial charge in [0.05, 0.1) is 42.1 Å². The van der Waals surface area contributed by atoms with Gasteiger partial charge in [-0.2, -0.15) is 0 Å². The van der Waals surface area contributed by atoms with E-state index in [1.54, 1.807) is 24.3 Å². The second-order valence-corrected chi connectivity index (χ2v) is 19.9. The fraction of sp³-hybridized carbons (Fsp3) is 0.579. The highest BCUT2D eigenvalue weighted by Gasteiger charge is 2.42. The van der Waals surface area contributed by atoms with Gasteiger partial charge in [0.2, 0.25) is 5.75 Å². The largest absolute Gasteiger partial charge is 0.496 e.